The van der Waals surface area contributed by atoms with Crippen molar-refractivity contribution in [2.45, 2.75) is 109 Å². The number of carbonyl (C=O) groups excluding carboxylic acids is 1. The van der Waals surface area contributed by atoms with Crippen LogP contribution in [0.15, 0.2) is 24.3 Å². The van der Waals surface area contributed by atoms with Gasteiger partial charge in [0, 0.05) is 12.1 Å². The average Bonchev–Trinajstić information content (AvgIpc) is 2.70. The predicted octanol–water partition coefficient (Wildman–Crippen LogP) is 6.07. The molecule has 1 unspecified atom stereocenters. The zero-order valence-corrected chi connectivity index (χ0v) is 17.5. The Bertz CT molecular complexity index is 582. The number of amides is 1. The molecule has 0 bridgehead atoms. The Hall–Kier alpha value is -1.51. The zero-order chi connectivity index (χ0) is 19.2. The van der Waals surface area contributed by atoms with E-state index in [0.717, 1.165) is 31.4 Å². The summed E-state index contributed by atoms with van der Waals surface area (Å²) in [6.07, 6.45) is 11.9. The number of para-hydroxylation sites is 1. The highest BCUT2D eigenvalue weighted by Crippen LogP contribution is 2.32. The van der Waals surface area contributed by atoms with Crippen molar-refractivity contribution in [3.8, 4) is 5.75 Å². The predicted molar refractivity (Wildman–Crippen MR) is 111 cm³/mol. The average molecular weight is 372 g/mol. The van der Waals surface area contributed by atoms with Crippen LogP contribution in [0.3, 0.4) is 0 Å². The second-order valence-electron chi connectivity index (χ2n) is 8.78. The first-order chi connectivity index (χ1) is 13.1. The fraction of sp³-hybridized carbons (Fsp3) is 0.708. The molecule has 0 aliphatic heterocycles. The van der Waals surface area contributed by atoms with Crippen molar-refractivity contribution in [3.63, 3.8) is 0 Å². The van der Waals surface area contributed by atoms with Crippen LogP contribution < -0.4 is 4.74 Å². The summed E-state index contributed by atoms with van der Waals surface area (Å²) in [4.78, 5) is 15.8. The second kappa shape index (κ2) is 9.61. The van der Waals surface area contributed by atoms with Gasteiger partial charge in [0.2, 0.25) is 0 Å². The van der Waals surface area contributed by atoms with Crippen LogP contribution >= 0.6 is 0 Å². The van der Waals surface area contributed by atoms with Crippen LogP contribution in [0.5, 0.6) is 5.75 Å². The molecular weight excluding hydrogens is 334 g/mol. The van der Waals surface area contributed by atoms with E-state index in [-0.39, 0.29) is 5.91 Å². The molecule has 1 amide bonds. The van der Waals surface area contributed by atoms with Gasteiger partial charge in [0.15, 0.2) is 6.10 Å². The van der Waals surface area contributed by atoms with E-state index in [2.05, 4.69) is 24.8 Å². The molecule has 0 saturated heterocycles. The summed E-state index contributed by atoms with van der Waals surface area (Å²) in [6.45, 7) is 6.29. The standard InChI is InChI=1S/C24H37NO2/c1-18(2)22-16-10-11-17-23(22)27-19(3)24(26)25(20-12-6-4-7-13-20)21-14-8-5-9-15-21/h10-11,16-21H,4-9,12-15H2,1-3H3. The molecular formula is C24H37NO2. The highest BCUT2D eigenvalue weighted by Gasteiger charge is 2.35. The third-order valence-corrected chi connectivity index (χ3v) is 6.38. The lowest BCUT2D eigenvalue weighted by Crippen LogP contribution is -2.52. The highest BCUT2D eigenvalue weighted by atomic mass is 16.5. The smallest absolute Gasteiger partial charge is 0.263 e. The van der Waals surface area contributed by atoms with Gasteiger partial charge in [-0.3, -0.25) is 4.79 Å². The van der Waals surface area contributed by atoms with Crippen molar-refractivity contribution >= 4 is 5.91 Å². The monoisotopic (exact) mass is 371 g/mol. The summed E-state index contributed by atoms with van der Waals surface area (Å²) in [7, 11) is 0. The third-order valence-electron chi connectivity index (χ3n) is 6.38. The molecule has 150 valence electrons. The first-order valence-corrected chi connectivity index (χ1v) is 11.2. The summed E-state index contributed by atoms with van der Waals surface area (Å²) in [6, 6.07) is 8.99. The molecule has 1 atom stereocenters. The topological polar surface area (TPSA) is 29.5 Å². The number of benzene rings is 1. The maximum absolute atomic E-state index is 13.5. The Kier molecular flexibility index (Phi) is 7.20. The Labute approximate surface area is 165 Å². The van der Waals surface area contributed by atoms with Crippen molar-refractivity contribution in [2.75, 3.05) is 0 Å². The summed E-state index contributed by atoms with van der Waals surface area (Å²) < 4.78 is 6.24. The number of rotatable bonds is 6. The SMILES string of the molecule is CC(Oc1ccccc1C(C)C)C(=O)N(C1CCCCC1)C1CCCCC1. The molecule has 3 nitrogen and oxygen atoms in total. The number of carbonyl (C=O) groups is 1. The van der Waals surface area contributed by atoms with Crippen LogP contribution in [0.25, 0.3) is 0 Å². The van der Waals surface area contributed by atoms with Crippen molar-refractivity contribution < 1.29 is 9.53 Å². The fourth-order valence-electron chi connectivity index (χ4n) is 4.89. The van der Waals surface area contributed by atoms with Crippen molar-refractivity contribution in [1.82, 2.24) is 4.90 Å². The van der Waals surface area contributed by atoms with Gasteiger partial charge in [0.25, 0.3) is 5.91 Å². The first-order valence-electron chi connectivity index (χ1n) is 11.2. The van der Waals surface area contributed by atoms with E-state index in [0.29, 0.717) is 18.0 Å². The lowest BCUT2D eigenvalue weighted by Gasteiger charge is -2.42. The van der Waals surface area contributed by atoms with E-state index >= 15 is 0 Å². The normalized spacial score (nSPS) is 20.4. The number of ether oxygens (including phenoxy) is 1. The van der Waals surface area contributed by atoms with E-state index < -0.39 is 6.10 Å². The summed E-state index contributed by atoms with van der Waals surface area (Å²) in [5.74, 6) is 1.45. The van der Waals surface area contributed by atoms with Gasteiger partial charge in [-0.05, 0) is 50.2 Å². The molecule has 3 heteroatoms. The van der Waals surface area contributed by atoms with Crippen molar-refractivity contribution in [1.29, 1.82) is 0 Å². The van der Waals surface area contributed by atoms with Gasteiger partial charge in [-0.25, -0.2) is 0 Å². The molecule has 0 heterocycles. The van der Waals surface area contributed by atoms with Crippen molar-refractivity contribution in [2.24, 2.45) is 0 Å². The largest absolute Gasteiger partial charge is 0.481 e. The van der Waals surface area contributed by atoms with Crippen LogP contribution in [0.1, 0.15) is 96.5 Å². The lowest BCUT2D eigenvalue weighted by atomic mass is 9.88. The van der Waals surface area contributed by atoms with Gasteiger partial charge in [0.05, 0.1) is 0 Å². The van der Waals surface area contributed by atoms with E-state index in [1.165, 1.54) is 44.1 Å². The molecule has 1 aromatic carbocycles. The molecule has 2 fully saturated rings. The lowest BCUT2D eigenvalue weighted by molar-refractivity contribution is -0.145. The molecule has 2 saturated carbocycles. The van der Waals surface area contributed by atoms with E-state index in [1.807, 2.05) is 25.1 Å². The first kappa shape index (κ1) is 20.2. The zero-order valence-electron chi connectivity index (χ0n) is 17.5. The number of nitrogens with zero attached hydrogens (tertiary/aromatic N) is 1. The van der Waals surface area contributed by atoms with Gasteiger partial charge in [-0.1, -0.05) is 70.6 Å². The van der Waals surface area contributed by atoms with E-state index in [9.17, 15) is 4.79 Å². The Morgan fingerprint density at radius 2 is 1.41 bits per heavy atom. The summed E-state index contributed by atoms with van der Waals surface area (Å²) in [5, 5.41) is 0. The minimum atomic E-state index is -0.422. The maximum atomic E-state index is 13.5. The molecule has 2 aliphatic rings. The third kappa shape index (κ3) is 5.06. The van der Waals surface area contributed by atoms with Crippen LogP contribution in [0, 0.1) is 0 Å². The van der Waals surface area contributed by atoms with Gasteiger partial charge >= 0.3 is 0 Å². The molecule has 0 aromatic heterocycles. The fourth-order valence-corrected chi connectivity index (χ4v) is 4.89. The molecule has 27 heavy (non-hydrogen) atoms. The minimum absolute atomic E-state index is 0.201. The van der Waals surface area contributed by atoms with Crippen LogP contribution in [0.2, 0.25) is 0 Å². The van der Waals surface area contributed by atoms with Gasteiger partial charge in [-0.15, -0.1) is 0 Å². The molecule has 0 N–H and O–H groups in total. The summed E-state index contributed by atoms with van der Waals surface area (Å²) in [5.41, 5.74) is 1.18. The van der Waals surface area contributed by atoms with Crippen LogP contribution in [-0.4, -0.2) is 29.0 Å². The van der Waals surface area contributed by atoms with Gasteiger partial charge in [0.1, 0.15) is 5.75 Å². The Morgan fingerprint density at radius 1 is 0.889 bits per heavy atom. The van der Waals surface area contributed by atoms with Gasteiger partial charge in [-0.2, -0.15) is 0 Å². The summed E-state index contributed by atoms with van der Waals surface area (Å²) >= 11 is 0. The molecule has 0 radical (unpaired) electrons. The van der Waals surface area contributed by atoms with E-state index in [1.54, 1.807) is 0 Å². The highest BCUT2D eigenvalue weighted by molar-refractivity contribution is 5.81. The Morgan fingerprint density at radius 3 is 1.93 bits per heavy atom. The second-order valence-corrected chi connectivity index (χ2v) is 8.78. The molecule has 0 spiro atoms. The minimum Gasteiger partial charge on any atom is -0.481 e. The quantitative estimate of drug-likeness (QED) is 0.607. The van der Waals surface area contributed by atoms with Gasteiger partial charge < -0.3 is 9.64 Å². The van der Waals surface area contributed by atoms with Crippen LogP contribution in [0.4, 0.5) is 0 Å². The Balaban J connectivity index is 1.76. The molecule has 3 rings (SSSR count). The maximum Gasteiger partial charge on any atom is 0.263 e. The molecule has 1 aromatic rings. The van der Waals surface area contributed by atoms with E-state index in [4.69, 9.17) is 4.74 Å². The molecule has 2 aliphatic carbocycles. The number of hydrogen-bond acceptors (Lipinski definition) is 2. The number of hydrogen-bond donors (Lipinski definition) is 0. The van der Waals surface area contributed by atoms with Crippen LogP contribution in [-0.2, 0) is 4.79 Å². The van der Waals surface area contributed by atoms with Crippen molar-refractivity contribution in [3.05, 3.63) is 29.8 Å².